The van der Waals surface area contributed by atoms with E-state index in [1.807, 2.05) is 24.8 Å². The Labute approximate surface area is 261 Å². The van der Waals surface area contributed by atoms with Crippen molar-refractivity contribution < 1.29 is 4.79 Å². The number of hydrogen-bond donors (Lipinski definition) is 0. The molecule has 9 heteroatoms. The summed E-state index contributed by atoms with van der Waals surface area (Å²) in [6, 6.07) is 9.73. The monoisotopic (exact) mass is 611 g/mol. The first-order valence-electron chi connectivity index (χ1n) is 16.1. The molecule has 4 heterocycles. The van der Waals surface area contributed by atoms with Crippen LogP contribution in [0.25, 0.3) is 0 Å². The number of carbonyl (C=O) groups excluding carboxylic acids is 1. The number of piperidine rings is 3. The quantitative estimate of drug-likeness (QED) is 0.303. The number of benzene rings is 1. The van der Waals surface area contributed by atoms with Gasteiger partial charge in [-0.3, -0.25) is 14.6 Å². The highest BCUT2D eigenvalue weighted by atomic mass is 35.5. The van der Waals surface area contributed by atoms with E-state index in [2.05, 4.69) is 49.2 Å². The lowest BCUT2D eigenvalue weighted by Crippen LogP contribution is -2.59. The van der Waals surface area contributed by atoms with Crippen molar-refractivity contribution in [2.45, 2.75) is 94.7 Å². The summed E-state index contributed by atoms with van der Waals surface area (Å²) in [5.74, 6) is 1.02. The van der Waals surface area contributed by atoms with Crippen LogP contribution in [-0.2, 0) is 11.9 Å². The third-order valence-corrected chi connectivity index (χ3v) is 11.8. The highest BCUT2D eigenvalue weighted by Crippen LogP contribution is 2.37. The molecule has 4 aliphatic rings. The molecule has 0 bridgehead atoms. The van der Waals surface area contributed by atoms with Gasteiger partial charge < -0.3 is 4.90 Å². The lowest BCUT2D eigenvalue weighted by molar-refractivity contribution is -0.0105. The fourth-order valence-electron chi connectivity index (χ4n) is 7.49. The molecule has 1 aliphatic carbocycles. The Hall–Kier alpha value is -1.71. The number of aryl methyl sites for hydroxylation is 2. The van der Waals surface area contributed by atoms with Crippen molar-refractivity contribution in [3.63, 3.8) is 0 Å². The average molecular weight is 612 g/mol. The van der Waals surface area contributed by atoms with E-state index in [-0.39, 0.29) is 11.4 Å². The second kappa shape index (κ2) is 13.1. The lowest BCUT2D eigenvalue weighted by Gasteiger charge is -2.51. The van der Waals surface area contributed by atoms with Gasteiger partial charge in [0, 0.05) is 74.5 Å². The topological polar surface area (TPSA) is 55.8 Å². The number of likely N-dealkylation sites (tertiary alicyclic amines) is 2. The average Bonchev–Trinajstić information content (AvgIpc) is 3.81. The SMILES string of the molecule is Cc1ncnc(C)c1C(=O)N1CCC(C)(N2CCC(N(CC3CC3)C3CCN([SH+]c4cccc(Cl)c4)CC3)CC2)CC1. The second-order valence-electron chi connectivity index (χ2n) is 13.3. The fourth-order valence-corrected chi connectivity index (χ4v) is 8.86. The minimum Gasteiger partial charge on any atom is -0.338 e. The van der Waals surface area contributed by atoms with Gasteiger partial charge in [-0.25, -0.2) is 9.97 Å². The number of thiol groups is 1. The zero-order valence-electron chi connectivity index (χ0n) is 25.6. The first kappa shape index (κ1) is 30.3. The summed E-state index contributed by atoms with van der Waals surface area (Å²) >= 11 is 7.53. The normalized spacial score (nSPS) is 23.0. The smallest absolute Gasteiger partial charge is 0.257 e. The first-order valence-corrected chi connectivity index (χ1v) is 17.3. The first-order chi connectivity index (χ1) is 20.3. The molecule has 0 unspecified atom stereocenters. The van der Waals surface area contributed by atoms with Crippen LogP contribution in [0.4, 0.5) is 0 Å². The Balaban J connectivity index is 1.01. The van der Waals surface area contributed by atoms with Crippen LogP contribution in [0.1, 0.15) is 80.0 Å². The molecular weight excluding hydrogens is 564 g/mol. The second-order valence-corrected chi connectivity index (χ2v) is 15.1. The Morgan fingerprint density at radius 2 is 1.57 bits per heavy atom. The lowest BCUT2D eigenvalue weighted by atomic mass is 9.84. The highest BCUT2D eigenvalue weighted by molar-refractivity contribution is 7.76. The summed E-state index contributed by atoms with van der Waals surface area (Å²) < 4.78 is 2.59. The minimum atomic E-state index is 0.0974. The molecule has 4 fully saturated rings. The molecule has 7 nitrogen and oxygen atoms in total. The fraction of sp³-hybridized carbons (Fsp3) is 0.667. The van der Waals surface area contributed by atoms with Crippen LogP contribution in [0, 0.1) is 19.8 Å². The van der Waals surface area contributed by atoms with E-state index in [1.165, 1.54) is 88.1 Å². The van der Waals surface area contributed by atoms with Crippen LogP contribution in [0.5, 0.6) is 0 Å². The maximum absolute atomic E-state index is 13.3. The van der Waals surface area contributed by atoms with E-state index >= 15 is 0 Å². The van der Waals surface area contributed by atoms with E-state index in [1.54, 1.807) is 6.33 Å². The van der Waals surface area contributed by atoms with Crippen molar-refractivity contribution >= 4 is 29.5 Å². The minimum absolute atomic E-state index is 0.0974. The van der Waals surface area contributed by atoms with Gasteiger partial charge in [-0.05, 0) is 90.2 Å². The Bertz CT molecular complexity index is 1210. The number of halogens is 1. The van der Waals surface area contributed by atoms with Crippen molar-refractivity contribution in [3.05, 3.63) is 52.6 Å². The van der Waals surface area contributed by atoms with Gasteiger partial charge in [0.2, 0.25) is 0 Å². The van der Waals surface area contributed by atoms with Gasteiger partial charge >= 0.3 is 0 Å². The molecule has 3 saturated heterocycles. The Kier molecular flexibility index (Phi) is 9.46. The zero-order valence-corrected chi connectivity index (χ0v) is 27.3. The molecule has 1 aromatic heterocycles. The number of hydrogen-bond acceptors (Lipinski definition) is 6. The van der Waals surface area contributed by atoms with E-state index < -0.39 is 0 Å². The number of amides is 1. The molecule has 1 aromatic carbocycles. The van der Waals surface area contributed by atoms with Gasteiger partial charge in [-0.2, -0.15) is 0 Å². The summed E-state index contributed by atoms with van der Waals surface area (Å²) in [4.78, 5) is 30.9. The third-order valence-electron chi connectivity index (χ3n) is 10.4. The van der Waals surface area contributed by atoms with Crippen LogP contribution in [0.15, 0.2) is 35.5 Å². The molecule has 2 aromatic rings. The van der Waals surface area contributed by atoms with Crippen LogP contribution >= 0.6 is 11.6 Å². The largest absolute Gasteiger partial charge is 0.338 e. The van der Waals surface area contributed by atoms with E-state index in [4.69, 9.17) is 11.6 Å². The van der Waals surface area contributed by atoms with Gasteiger partial charge in [0.15, 0.2) is 4.90 Å². The van der Waals surface area contributed by atoms with Crippen molar-refractivity contribution in [2.75, 3.05) is 45.8 Å². The molecule has 1 saturated carbocycles. The van der Waals surface area contributed by atoms with Gasteiger partial charge in [-0.15, -0.1) is 4.31 Å². The summed E-state index contributed by atoms with van der Waals surface area (Å²) in [6.45, 7) is 13.9. The predicted molar refractivity (Wildman–Crippen MR) is 172 cm³/mol. The van der Waals surface area contributed by atoms with Crippen LogP contribution < -0.4 is 0 Å². The number of nitrogens with zero attached hydrogens (tertiary/aromatic N) is 6. The van der Waals surface area contributed by atoms with Gasteiger partial charge in [-0.1, -0.05) is 17.7 Å². The molecule has 0 atom stereocenters. The van der Waals surface area contributed by atoms with E-state index in [9.17, 15) is 4.79 Å². The predicted octanol–water partition coefficient (Wildman–Crippen LogP) is 5.17. The Morgan fingerprint density at radius 3 is 2.17 bits per heavy atom. The molecule has 3 aliphatic heterocycles. The van der Waals surface area contributed by atoms with Gasteiger partial charge in [0.1, 0.15) is 6.33 Å². The van der Waals surface area contributed by atoms with Crippen molar-refractivity contribution in [1.29, 1.82) is 0 Å². The van der Waals surface area contributed by atoms with Crippen molar-refractivity contribution in [1.82, 2.24) is 29.0 Å². The third kappa shape index (κ3) is 6.99. The number of aromatic nitrogens is 2. The Morgan fingerprint density at radius 1 is 0.952 bits per heavy atom. The van der Waals surface area contributed by atoms with Crippen LogP contribution in [0.3, 0.4) is 0 Å². The maximum Gasteiger partial charge on any atom is 0.257 e. The van der Waals surface area contributed by atoms with Crippen LogP contribution in [0.2, 0.25) is 5.02 Å². The molecule has 0 spiro atoms. The summed E-state index contributed by atoms with van der Waals surface area (Å²) in [6.07, 6.45) is 11.5. The van der Waals surface area contributed by atoms with Gasteiger partial charge in [0.25, 0.3) is 5.91 Å². The number of carbonyl (C=O) groups is 1. The van der Waals surface area contributed by atoms with Crippen molar-refractivity contribution in [2.24, 2.45) is 5.92 Å². The summed E-state index contributed by atoms with van der Waals surface area (Å²) in [5, 5.41) is 0.831. The molecule has 228 valence electrons. The highest BCUT2D eigenvalue weighted by Gasteiger charge is 2.42. The molecule has 1 amide bonds. The molecule has 0 radical (unpaired) electrons. The van der Waals surface area contributed by atoms with Crippen LogP contribution in [-0.4, -0.2) is 98.3 Å². The van der Waals surface area contributed by atoms with E-state index in [0.717, 1.165) is 48.3 Å². The maximum atomic E-state index is 13.3. The van der Waals surface area contributed by atoms with Crippen molar-refractivity contribution in [3.8, 4) is 0 Å². The molecule has 42 heavy (non-hydrogen) atoms. The standard InChI is InChI=1S/C33H47ClN6OS/c1-24-31(25(2)36-23-35-24)32(41)37-19-13-33(3,14-20-37)38-15-9-28(10-16-38)40(22-26-7-8-26)29-11-17-39(18-12-29)42-30-6-4-5-27(34)21-30/h4-6,21,23,26,28-29H,7-20,22H2,1-3H3/p+1. The number of rotatable bonds is 8. The summed E-state index contributed by atoms with van der Waals surface area (Å²) in [5.41, 5.74) is 2.42. The van der Waals surface area contributed by atoms with E-state index in [0.29, 0.717) is 17.6 Å². The molecular formula is C33H48ClN6OS+. The van der Waals surface area contributed by atoms with Gasteiger partial charge in [0.05, 0.1) is 28.9 Å². The summed E-state index contributed by atoms with van der Waals surface area (Å²) in [7, 11) is 0. The zero-order chi connectivity index (χ0) is 29.3. The molecule has 6 rings (SSSR count). The molecule has 0 N–H and O–H groups in total.